The van der Waals surface area contributed by atoms with Crippen LogP contribution in [0.15, 0.2) is 71.6 Å². The number of benzene rings is 3. The second-order valence-corrected chi connectivity index (χ2v) is 13.7. The molecule has 0 unspecified atom stereocenters. The number of sulfonamides is 1. The lowest BCUT2D eigenvalue weighted by atomic mass is 10.00. The highest BCUT2D eigenvalue weighted by atomic mass is 32.2. The van der Waals surface area contributed by atoms with Gasteiger partial charge in [0.2, 0.25) is 15.9 Å². The first-order valence-corrected chi connectivity index (χ1v) is 16.7. The number of phenolic OH excluding ortho intramolecular Hbond substituents is 1. The van der Waals surface area contributed by atoms with Crippen molar-refractivity contribution in [1.82, 2.24) is 14.9 Å². The summed E-state index contributed by atoms with van der Waals surface area (Å²) in [5.41, 5.74) is 8.74. The van der Waals surface area contributed by atoms with Crippen LogP contribution < -0.4 is 16.4 Å². The van der Waals surface area contributed by atoms with Crippen LogP contribution in [0, 0.1) is 19.8 Å². The summed E-state index contributed by atoms with van der Waals surface area (Å²) < 4.78 is 28.4. The maximum atomic E-state index is 13.5. The fourth-order valence-electron chi connectivity index (χ4n) is 5.09. The van der Waals surface area contributed by atoms with Crippen molar-refractivity contribution in [3.8, 4) is 5.75 Å². The van der Waals surface area contributed by atoms with E-state index in [1.807, 2.05) is 45.0 Å². The van der Waals surface area contributed by atoms with E-state index in [4.69, 9.17) is 5.73 Å². The number of aliphatic hydroxyl groups is 1. The van der Waals surface area contributed by atoms with E-state index in [-0.39, 0.29) is 47.6 Å². The molecular formula is C34H46N4O6S. The number of amides is 2. The van der Waals surface area contributed by atoms with E-state index in [9.17, 15) is 28.2 Å². The number of carbonyl (C=O) groups excluding carboxylic acids is 2. The van der Waals surface area contributed by atoms with Crippen LogP contribution >= 0.6 is 0 Å². The number of aliphatic hydroxyl groups excluding tert-OH is 1. The Morgan fingerprint density at radius 2 is 1.60 bits per heavy atom. The molecule has 0 fully saturated rings. The Kier molecular flexibility index (Phi) is 13.0. The molecule has 244 valence electrons. The molecule has 0 aliphatic rings. The number of phenols is 1. The average molecular weight is 639 g/mol. The van der Waals surface area contributed by atoms with E-state index >= 15 is 0 Å². The first-order chi connectivity index (χ1) is 21.3. The van der Waals surface area contributed by atoms with Gasteiger partial charge in [0.1, 0.15) is 11.8 Å². The molecule has 3 rings (SSSR count). The van der Waals surface area contributed by atoms with Crippen molar-refractivity contribution in [1.29, 1.82) is 0 Å². The van der Waals surface area contributed by atoms with Gasteiger partial charge in [-0.2, -0.15) is 4.31 Å². The van der Waals surface area contributed by atoms with E-state index in [2.05, 4.69) is 10.6 Å². The van der Waals surface area contributed by atoms with Gasteiger partial charge in [-0.1, -0.05) is 56.7 Å². The lowest BCUT2D eigenvalue weighted by Crippen LogP contribution is -2.48. The normalized spacial score (nSPS) is 13.0. The highest BCUT2D eigenvalue weighted by Gasteiger charge is 2.31. The summed E-state index contributed by atoms with van der Waals surface area (Å²) >= 11 is 0. The molecule has 0 saturated heterocycles. The standard InChI is InChI=1S/C34H46N4O6S/c1-23(2)21-38(45(43,44)29-17-15-27(35)16-18-29)28(22-39)13-7-8-19-36-34(42)31(20-26-12-6-5-10-24(26)3)37-33(41)30-14-9-11-25(4)32(30)40/h5-6,9-12,14-18,23,28,31,39-40H,7-8,13,19-22,35H2,1-4H3,(H,36,42)(H,37,41)/t28-,31-/m0/s1. The maximum Gasteiger partial charge on any atom is 0.255 e. The zero-order valence-electron chi connectivity index (χ0n) is 26.5. The monoisotopic (exact) mass is 638 g/mol. The third-order valence-electron chi connectivity index (χ3n) is 7.70. The van der Waals surface area contributed by atoms with Crippen LogP contribution in [0.5, 0.6) is 5.75 Å². The second-order valence-electron chi connectivity index (χ2n) is 11.8. The van der Waals surface area contributed by atoms with Gasteiger partial charge in [0, 0.05) is 31.2 Å². The number of hydrogen-bond donors (Lipinski definition) is 5. The minimum absolute atomic E-state index is 0.0315. The van der Waals surface area contributed by atoms with Gasteiger partial charge in [0.25, 0.3) is 5.91 Å². The lowest BCUT2D eigenvalue weighted by Gasteiger charge is -2.31. The minimum atomic E-state index is -3.88. The number of nitrogen functional groups attached to an aromatic ring is 1. The van der Waals surface area contributed by atoms with Gasteiger partial charge >= 0.3 is 0 Å². The molecule has 2 amide bonds. The Morgan fingerprint density at radius 3 is 2.24 bits per heavy atom. The molecule has 0 aromatic heterocycles. The molecule has 45 heavy (non-hydrogen) atoms. The van der Waals surface area contributed by atoms with E-state index in [1.54, 1.807) is 19.1 Å². The summed E-state index contributed by atoms with van der Waals surface area (Å²) in [7, 11) is -3.88. The van der Waals surface area contributed by atoms with Crippen molar-refractivity contribution in [2.24, 2.45) is 5.92 Å². The Hall–Kier alpha value is -3.93. The van der Waals surface area contributed by atoms with Gasteiger partial charge < -0.3 is 26.6 Å². The first kappa shape index (κ1) is 35.5. The number of unbranched alkanes of at least 4 members (excludes halogenated alkanes) is 1. The fourth-order valence-corrected chi connectivity index (χ4v) is 6.90. The van der Waals surface area contributed by atoms with Gasteiger partial charge in [-0.15, -0.1) is 0 Å². The first-order valence-electron chi connectivity index (χ1n) is 15.2. The number of anilines is 1. The van der Waals surface area contributed by atoms with Gasteiger partial charge in [0.05, 0.1) is 17.1 Å². The van der Waals surface area contributed by atoms with Crippen LogP contribution in [0.25, 0.3) is 0 Å². The van der Waals surface area contributed by atoms with Crippen molar-refractivity contribution < 1.29 is 28.2 Å². The highest BCUT2D eigenvalue weighted by molar-refractivity contribution is 7.89. The molecule has 0 bridgehead atoms. The largest absolute Gasteiger partial charge is 0.507 e. The van der Waals surface area contributed by atoms with Crippen molar-refractivity contribution >= 4 is 27.5 Å². The third kappa shape index (κ3) is 9.78. The molecule has 3 aromatic carbocycles. The topological polar surface area (TPSA) is 162 Å². The molecule has 2 atom stereocenters. The average Bonchev–Trinajstić information content (AvgIpc) is 3.00. The molecule has 3 aromatic rings. The van der Waals surface area contributed by atoms with Gasteiger partial charge in [-0.3, -0.25) is 9.59 Å². The number of carbonyl (C=O) groups is 2. The van der Waals surface area contributed by atoms with Gasteiger partial charge in [-0.25, -0.2) is 8.42 Å². The number of aryl methyl sites for hydroxylation is 2. The zero-order valence-corrected chi connectivity index (χ0v) is 27.3. The Bertz CT molecular complexity index is 1540. The molecule has 10 nitrogen and oxygen atoms in total. The van der Waals surface area contributed by atoms with Crippen LogP contribution in [-0.2, 0) is 21.2 Å². The number of nitrogens with two attached hydrogens (primary N) is 1. The summed E-state index contributed by atoms with van der Waals surface area (Å²) in [6.45, 7) is 7.66. The number of aromatic hydroxyl groups is 1. The van der Waals surface area contributed by atoms with Crippen LogP contribution in [0.2, 0.25) is 0 Å². The molecule has 0 aliphatic heterocycles. The second kappa shape index (κ2) is 16.4. The molecule has 0 radical (unpaired) electrons. The summed E-state index contributed by atoms with van der Waals surface area (Å²) in [5, 5.41) is 26.3. The van der Waals surface area contributed by atoms with Gasteiger partial charge in [-0.05, 0) is 79.6 Å². The molecule has 0 saturated carbocycles. The Labute approximate surface area is 266 Å². The number of para-hydroxylation sites is 1. The van der Waals surface area contributed by atoms with Crippen LogP contribution in [-0.4, -0.2) is 66.5 Å². The number of nitrogens with zero attached hydrogens (tertiary/aromatic N) is 1. The van der Waals surface area contributed by atoms with Crippen molar-refractivity contribution in [2.75, 3.05) is 25.4 Å². The summed E-state index contributed by atoms with van der Waals surface area (Å²) in [5.74, 6) is -1.02. The van der Waals surface area contributed by atoms with Crippen LogP contribution in [0.4, 0.5) is 5.69 Å². The predicted octanol–water partition coefficient (Wildman–Crippen LogP) is 3.93. The van der Waals surface area contributed by atoms with E-state index in [1.165, 1.54) is 34.6 Å². The quantitative estimate of drug-likeness (QED) is 0.117. The number of nitrogens with one attached hydrogen (secondary N) is 2. The van der Waals surface area contributed by atoms with Crippen molar-refractivity contribution in [2.45, 2.75) is 70.4 Å². The molecular weight excluding hydrogens is 592 g/mol. The number of hydrogen-bond acceptors (Lipinski definition) is 7. The zero-order chi connectivity index (χ0) is 33.1. The third-order valence-corrected chi connectivity index (χ3v) is 9.64. The smallest absolute Gasteiger partial charge is 0.255 e. The molecule has 0 heterocycles. The SMILES string of the molecule is Cc1ccccc1C[C@H](NC(=O)c1cccc(C)c1O)C(=O)NCCCC[C@@H](CO)N(CC(C)C)S(=O)(=O)c1ccc(N)cc1. The van der Waals surface area contributed by atoms with Crippen molar-refractivity contribution in [3.05, 3.63) is 89.0 Å². The van der Waals surface area contributed by atoms with Crippen LogP contribution in [0.3, 0.4) is 0 Å². The van der Waals surface area contributed by atoms with E-state index in [0.717, 1.165) is 11.1 Å². The molecule has 0 aliphatic carbocycles. The predicted molar refractivity (Wildman–Crippen MR) is 176 cm³/mol. The molecule has 6 N–H and O–H groups in total. The maximum absolute atomic E-state index is 13.5. The molecule has 11 heteroatoms. The minimum Gasteiger partial charge on any atom is -0.507 e. The molecule has 0 spiro atoms. The number of rotatable bonds is 16. The van der Waals surface area contributed by atoms with E-state index < -0.39 is 28.0 Å². The fraction of sp³-hybridized carbons (Fsp3) is 0.412. The Morgan fingerprint density at radius 1 is 0.933 bits per heavy atom. The summed E-state index contributed by atoms with van der Waals surface area (Å²) in [4.78, 5) is 26.6. The van der Waals surface area contributed by atoms with E-state index in [0.29, 0.717) is 37.1 Å². The van der Waals surface area contributed by atoms with Crippen LogP contribution in [0.1, 0.15) is 60.2 Å². The van der Waals surface area contributed by atoms with Crippen molar-refractivity contribution in [3.63, 3.8) is 0 Å². The lowest BCUT2D eigenvalue weighted by molar-refractivity contribution is -0.122. The van der Waals surface area contributed by atoms with Gasteiger partial charge in [0.15, 0.2) is 0 Å². The Balaban J connectivity index is 1.65. The highest BCUT2D eigenvalue weighted by Crippen LogP contribution is 2.24. The summed E-state index contributed by atoms with van der Waals surface area (Å²) in [6.07, 6.45) is 1.73. The summed E-state index contributed by atoms with van der Waals surface area (Å²) in [6, 6.07) is 17.0.